The molecule has 13 heavy (non-hydrogen) atoms. The van der Waals surface area contributed by atoms with E-state index in [1.807, 2.05) is 12.2 Å². The number of allylic oxidation sites excluding steroid dienone is 6. The summed E-state index contributed by atoms with van der Waals surface area (Å²) in [6, 6.07) is 0. The van der Waals surface area contributed by atoms with E-state index in [0.717, 1.165) is 42.4 Å². The van der Waals surface area contributed by atoms with Crippen molar-refractivity contribution in [2.45, 2.75) is 25.7 Å². The maximum atomic E-state index is 13.4. The molecular weight excluding hydrogens is 167 g/mol. The monoisotopic (exact) mass is 180 g/mol. The van der Waals surface area contributed by atoms with E-state index >= 15 is 0 Å². The van der Waals surface area contributed by atoms with E-state index in [4.69, 9.17) is 5.11 Å². The Hall–Kier alpha value is -0.890. The van der Waals surface area contributed by atoms with Gasteiger partial charge in [-0.3, -0.25) is 0 Å². The molecular formula is C11H13FO. The van der Waals surface area contributed by atoms with Crippen LogP contribution in [0.1, 0.15) is 25.7 Å². The first-order valence-corrected chi connectivity index (χ1v) is 4.73. The second-order valence-electron chi connectivity index (χ2n) is 3.53. The van der Waals surface area contributed by atoms with Crippen LogP contribution in [0.4, 0.5) is 4.39 Å². The summed E-state index contributed by atoms with van der Waals surface area (Å²) in [5.41, 5.74) is 2.87. The summed E-state index contributed by atoms with van der Waals surface area (Å²) in [6.07, 6.45) is 7.08. The molecule has 2 aliphatic carbocycles. The summed E-state index contributed by atoms with van der Waals surface area (Å²) in [5.74, 6) is -0.00422. The summed E-state index contributed by atoms with van der Waals surface area (Å²) < 4.78 is 13.4. The summed E-state index contributed by atoms with van der Waals surface area (Å²) in [4.78, 5) is 0. The van der Waals surface area contributed by atoms with Crippen LogP contribution in [-0.4, -0.2) is 11.7 Å². The van der Waals surface area contributed by atoms with Crippen molar-refractivity contribution in [1.82, 2.24) is 0 Å². The third-order valence-electron chi connectivity index (χ3n) is 2.64. The van der Waals surface area contributed by atoms with Gasteiger partial charge in [0, 0.05) is 13.0 Å². The lowest BCUT2D eigenvalue weighted by atomic mass is 10.0. The molecule has 0 spiro atoms. The van der Waals surface area contributed by atoms with Crippen molar-refractivity contribution in [3.05, 3.63) is 34.7 Å². The van der Waals surface area contributed by atoms with Gasteiger partial charge in [0.1, 0.15) is 5.83 Å². The van der Waals surface area contributed by atoms with Crippen molar-refractivity contribution >= 4 is 0 Å². The van der Waals surface area contributed by atoms with E-state index < -0.39 is 0 Å². The van der Waals surface area contributed by atoms with Crippen molar-refractivity contribution in [3.63, 3.8) is 0 Å². The Labute approximate surface area is 77.3 Å². The fourth-order valence-corrected chi connectivity index (χ4v) is 1.90. The van der Waals surface area contributed by atoms with Crippen LogP contribution in [0.15, 0.2) is 34.7 Å². The average molecular weight is 180 g/mol. The highest BCUT2D eigenvalue weighted by atomic mass is 19.1. The maximum Gasteiger partial charge on any atom is 0.130 e. The Morgan fingerprint density at radius 3 is 2.62 bits per heavy atom. The summed E-state index contributed by atoms with van der Waals surface area (Å²) in [5, 5.41) is 8.60. The van der Waals surface area contributed by atoms with Crippen molar-refractivity contribution in [3.8, 4) is 0 Å². The van der Waals surface area contributed by atoms with Gasteiger partial charge in [-0.05, 0) is 36.0 Å². The number of aliphatic hydroxyl groups excluding tert-OH is 1. The molecule has 0 aromatic rings. The highest BCUT2D eigenvalue weighted by molar-refractivity contribution is 5.57. The average Bonchev–Trinajstić information content (AvgIpc) is 2.69. The zero-order valence-electron chi connectivity index (χ0n) is 7.52. The van der Waals surface area contributed by atoms with Gasteiger partial charge in [-0.25, -0.2) is 4.39 Å². The van der Waals surface area contributed by atoms with Gasteiger partial charge < -0.3 is 5.11 Å². The third-order valence-corrected chi connectivity index (χ3v) is 2.64. The molecule has 2 rings (SSSR count). The molecule has 1 nitrogen and oxygen atoms in total. The van der Waals surface area contributed by atoms with Crippen molar-refractivity contribution in [2.24, 2.45) is 0 Å². The molecule has 0 aromatic heterocycles. The number of hydrogen-bond acceptors (Lipinski definition) is 1. The molecule has 0 heterocycles. The highest BCUT2D eigenvalue weighted by Crippen LogP contribution is 2.41. The smallest absolute Gasteiger partial charge is 0.130 e. The molecule has 0 unspecified atom stereocenters. The first kappa shape index (κ1) is 8.70. The zero-order chi connectivity index (χ0) is 9.26. The van der Waals surface area contributed by atoms with E-state index in [9.17, 15) is 4.39 Å². The Morgan fingerprint density at radius 1 is 1.23 bits per heavy atom. The van der Waals surface area contributed by atoms with E-state index in [-0.39, 0.29) is 12.4 Å². The summed E-state index contributed by atoms with van der Waals surface area (Å²) >= 11 is 0. The molecule has 0 amide bonds. The molecule has 0 atom stereocenters. The van der Waals surface area contributed by atoms with Gasteiger partial charge in [-0.15, -0.1) is 0 Å². The predicted octanol–water partition coefficient (Wildman–Crippen LogP) is 2.64. The predicted molar refractivity (Wildman–Crippen MR) is 49.9 cm³/mol. The lowest BCUT2D eigenvalue weighted by Gasteiger charge is -2.05. The lowest BCUT2D eigenvalue weighted by Crippen LogP contribution is -1.90. The van der Waals surface area contributed by atoms with E-state index in [1.54, 1.807) is 0 Å². The van der Waals surface area contributed by atoms with Crippen LogP contribution in [0.25, 0.3) is 0 Å². The van der Waals surface area contributed by atoms with E-state index in [0.29, 0.717) is 0 Å². The van der Waals surface area contributed by atoms with Crippen LogP contribution in [0, 0.1) is 0 Å². The number of halogens is 1. The Balaban J connectivity index is 2.01. The maximum absolute atomic E-state index is 13.4. The number of rotatable bonds is 4. The second-order valence-corrected chi connectivity index (χ2v) is 3.53. The third kappa shape index (κ3) is 1.46. The second kappa shape index (κ2) is 3.46. The van der Waals surface area contributed by atoms with Gasteiger partial charge in [-0.1, -0.05) is 12.2 Å². The van der Waals surface area contributed by atoms with Crippen LogP contribution in [0.5, 0.6) is 0 Å². The Bertz CT molecular complexity index is 310. The van der Waals surface area contributed by atoms with Gasteiger partial charge in [-0.2, -0.15) is 0 Å². The van der Waals surface area contributed by atoms with E-state index in [1.165, 1.54) is 0 Å². The van der Waals surface area contributed by atoms with Gasteiger partial charge >= 0.3 is 0 Å². The van der Waals surface area contributed by atoms with E-state index in [2.05, 4.69) is 0 Å². The molecule has 2 bridgehead atoms. The molecule has 0 saturated heterocycles. The SMILES string of the molecule is OCCCCC1=C2C=CC(=C1F)C2. The number of unbranched alkanes of at least 4 members (excludes halogenated alkanes) is 1. The first-order chi connectivity index (χ1) is 6.33. The summed E-state index contributed by atoms with van der Waals surface area (Å²) in [7, 11) is 0. The first-order valence-electron chi connectivity index (χ1n) is 4.73. The van der Waals surface area contributed by atoms with Gasteiger partial charge in [0.2, 0.25) is 0 Å². The summed E-state index contributed by atoms with van der Waals surface area (Å²) in [6.45, 7) is 0.205. The Morgan fingerprint density at radius 2 is 2.00 bits per heavy atom. The standard InChI is InChI=1S/C11H13FO/c12-11-9-5-4-8(7-9)10(11)3-1-2-6-13/h4-5,13H,1-3,6-7H2. The van der Waals surface area contributed by atoms with Gasteiger partial charge in [0.15, 0.2) is 0 Å². The zero-order valence-corrected chi connectivity index (χ0v) is 7.52. The number of hydrogen-bond donors (Lipinski definition) is 1. The molecule has 0 aliphatic heterocycles. The quantitative estimate of drug-likeness (QED) is 0.659. The molecule has 0 aromatic carbocycles. The minimum absolute atomic E-state index is 0.00422. The highest BCUT2D eigenvalue weighted by Gasteiger charge is 2.25. The normalized spacial score (nSPS) is 19.5. The largest absolute Gasteiger partial charge is 0.396 e. The fraction of sp³-hybridized carbons (Fsp3) is 0.455. The minimum Gasteiger partial charge on any atom is -0.396 e. The van der Waals surface area contributed by atoms with Crippen LogP contribution in [-0.2, 0) is 0 Å². The molecule has 70 valence electrons. The molecule has 2 heteroatoms. The molecule has 2 aliphatic rings. The van der Waals surface area contributed by atoms with Gasteiger partial charge in [0.25, 0.3) is 0 Å². The molecule has 0 radical (unpaired) electrons. The van der Waals surface area contributed by atoms with Crippen molar-refractivity contribution < 1.29 is 9.50 Å². The van der Waals surface area contributed by atoms with Crippen molar-refractivity contribution in [2.75, 3.05) is 6.61 Å². The molecule has 1 N–H and O–H groups in total. The topological polar surface area (TPSA) is 20.2 Å². The molecule has 0 fully saturated rings. The van der Waals surface area contributed by atoms with Crippen molar-refractivity contribution in [1.29, 1.82) is 0 Å². The Kier molecular flexibility index (Phi) is 2.32. The van der Waals surface area contributed by atoms with Crippen LogP contribution in [0.3, 0.4) is 0 Å². The fourth-order valence-electron chi connectivity index (χ4n) is 1.90. The number of fused-ring (bicyclic) bond motifs is 2. The minimum atomic E-state index is -0.00422. The van der Waals surface area contributed by atoms with Gasteiger partial charge in [0.05, 0.1) is 0 Å². The number of aliphatic hydroxyl groups is 1. The van der Waals surface area contributed by atoms with Crippen LogP contribution >= 0.6 is 0 Å². The van der Waals surface area contributed by atoms with Crippen LogP contribution < -0.4 is 0 Å². The lowest BCUT2D eigenvalue weighted by molar-refractivity contribution is 0.284. The molecule has 0 saturated carbocycles. The van der Waals surface area contributed by atoms with Crippen LogP contribution in [0.2, 0.25) is 0 Å².